The predicted molar refractivity (Wildman–Crippen MR) is 78.7 cm³/mol. The second kappa shape index (κ2) is 7.53. The Labute approximate surface area is 128 Å². The molecular weight excluding hydrogens is 288 g/mol. The lowest BCUT2D eigenvalue weighted by Gasteiger charge is -2.20. The third kappa shape index (κ3) is 3.60. The molecular formula is C16H18O6. The monoisotopic (exact) mass is 306 g/mol. The standard InChI is InChI=1S/C16H18O6/c1-9(15(19)21-3)13(17)11-7-5-6-8-12(11)14(18)10(2)16(20)22-4/h5-8,13-14,17-18H,1-2H2,3-4H3. The maximum atomic E-state index is 11.5. The van der Waals surface area contributed by atoms with E-state index in [4.69, 9.17) is 0 Å². The summed E-state index contributed by atoms with van der Waals surface area (Å²) < 4.78 is 9.01. The Balaban J connectivity index is 3.19. The smallest absolute Gasteiger partial charge is 0.336 e. The van der Waals surface area contributed by atoms with E-state index in [2.05, 4.69) is 22.6 Å². The minimum absolute atomic E-state index is 0.189. The van der Waals surface area contributed by atoms with Gasteiger partial charge in [-0.05, 0) is 11.1 Å². The Hall–Kier alpha value is -2.44. The fourth-order valence-electron chi connectivity index (χ4n) is 1.87. The molecule has 0 bridgehead atoms. The number of aliphatic hydroxyl groups excluding tert-OH is 2. The van der Waals surface area contributed by atoms with Gasteiger partial charge < -0.3 is 19.7 Å². The Bertz CT molecular complexity index is 551. The molecule has 0 spiro atoms. The van der Waals surface area contributed by atoms with E-state index in [1.165, 1.54) is 26.4 Å². The first-order valence-electron chi connectivity index (χ1n) is 6.34. The molecule has 22 heavy (non-hydrogen) atoms. The van der Waals surface area contributed by atoms with Crippen molar-refractivity contribution in [1.29, 1.82) is 0 Å². The van der Waals surface area contributed by atoms with Crippen LogP contribution in [-0.2, 0) is 19.1 Å². The van der Waals surface area contributed by atoms with E-state index in [0.717, 1.165) is 0 Å². The van der Waals surface area contributed by atoms with Gasteiger partial charge in [-0.1, -0.05) is 37.4 Å². The van der Waals surface area contributed by atoms with Gasteiger partial charge in [0.1, 0.15) is 12.2 Å². The quantitative estimate of drug-likeness (QED) is 0.606. The molecule has 6 heteroatoms. The van der Waals surface area contributed by atoms with Crippen molar-refractivity contribution in [3.05, 3.63) is 59.7 Å². The number of aliphatic hydroxyl groups is 2. The normalized spacial score (nSPS) is 12.9. The highest BCUT2D eigenvalue weighted by Crippen LogP contribution is 2.31. The zero-order chi connectivity index (χ0) is 16.9. The first kappa shape index (κ1) is 17.6. The molecule has 1 aromatic carbocycles. The van der Waals surface area contributed by atoms with Gasteiger partial charge in [0.25, 0.3) is 0 Å². The molecule has 2 unspecified atom stereocenters. The molecule has 1 aromatic rings. The van der Waals surface area contributed by atoms with Crippen molar-refractivity contribution < 1.29 is 29.3 Å². The lowest BCUT2D eigenvalue weighted by Crippen LogP contribution is -2.17. The van der Waals surface area contributed by atoms with Crippen LogP contribution in [0, 0.1) is 0 Å². The van der Waals surface area contributed by atoms with Crippen molar-refractivity contribution >= 4 is 11.9 Å². The lowest BCUT2D eigenvalue weighted by atomic mass is 9.92. The molecule has 0 amide bonds. The van der Waals surface area contributed by atoms with Crippen LogP contribution in [0.2, 0.25) is 0 Å². The van der Waals surface area contributed by atoms with Gasteiger partial charge in [0.2, 0.25) is 0 Å². The van der Waals surface area contributed by atoms with E-state index < -0.39 is 24.1 Å². The van der Waals surface area contributed by atoms with Crippen LogP contribution < -0.4 is 0 Å². The largest absolute Gasteiger partial charge is 0.466 e. The number of benzene rings is 1. The van der Waals surface area contributed by atoms with E-state index in [9.17, 15) is 19.8 Å². The number of esters is 2. The highest BCUT2D eigenvalue weighted by Gasteiger charge is 2.26. The Kier molecular flexibility index (Phi) is 6.03. The summed E-state index contributed by atoms with van der Waals surface area (Å²) in [6.07, 6.45) is -2.77. The van der Waals surface area contributed by atoms with Crippen LogP contribution in [0.25, 0.3) is 0 Å². The van der Waals surface area contributed by atoms with Crippen molar-refractivity contribution in [3.8, 4) is 0 Å². The molecule has 0 aliphatic heterocycles. The summed E-state index contributed by atoms with van der Waals surface area (Å²) in [6.45, 7) is 6.96. The molecule has 2 atom stereocenters. The van der Waals surface area contributed by atoms with Gasteiger partial charge in [-0.25, -0.2) is 9.59 Å². The minimum atomic E-state index is -1.39. The Morgan fingerprint density at radius 2 is 1.23 bits per heavy atom. The first-order chi connectivity index (χ1) is 10.3. The summed E-state index contributed by atoms with van der Waals surface area (Å²) in [7, 11) is 2.33. The van der Waals surface area contributed by atoms with Gasteiger partial charge in [-0.2, -0.15) is 0 Å². The van der Waals surface area contributed by atoms with Gasteiger partial charge in [0.05, 0.1) is 25.4 Å². The average molecular weight is 306 g/mol. The number of hydrogen-bond donors (Lipinski definition) is 2. The molecule has 6 nitrogen and oxygen atoms in total. The lowest BCUT2D eigenvalue weighted by molar-refractivity contribution is -0.138. The molecule has 0 aliphatic rings. The molecule has 0 radical (unpaired) electrons. The highest BCUT2D eigenvalue weighted by atomic mass is 16.5. The maximum absolute atomic E-state index is 11.5. The Morgan fingerprint density at radius 1 is 0.909 bits per heavy atom. The van der Waals surface area contributed by atoms with Gasteiger partial charge in [0, 0.05) is 0 Å². The van der Waals surface area contributed by atoms with Crippen LogP contribution in [0.4, 0.5) is 0 Å². The summed E-state index contributed by atoms with van der Waals surface area (Å²) in [5.74, 6) is -1.55. The molecule has 0 fully saturated rings. The fourth-order valence-corrected chi connectivity index (χ4v) is 1.87. The summed E-state index contributed by atoms with van der Waals surface area (Å²) in [5, 5.41) is 20.5. The number of rotatable bonds is 6. The van der Waals surface area contributed by atoms with Crippen LogP contribution in [0.5, 0.6) is 0 Å². The van der Waals surface area contributed by atoms with Crippen molar-refractivity contribution in [2.45, 2.75) is 12.2 Å². The number of ether oxygens (including phenoxy) is 2. The summed E-state index contributed by atoms with van der Waals surface area (Å²) in [4.78, 5) is 22.9. The van der Waals surface area contributed by atoms with E-state index in [-0.39, 0.29) is 22.3 Å². The molecule has 0 aliphatic carbocycles. The number of methoxy groups -OCH3 is 2. The van der Waals surface area contributed by atoms with Gasteiger partial charge in [-0.3, -0.25) is 0 Å². The minimum Gasteiger partial charge on any atom is -0.466 e. The van der Waals surface area contributed by atoms with Crippen LogP contribution in [0.3, 0.4) is 0 Å². The summed E-state index contributed by atoms with van der Waals surface area (Å²) in [6, 6.07) is 6.23. The third-order valence-electron chi connectivity index (χ3n) is 3.14. The predicted octanol–water partition coefficient (Wildman–Crippen LogP) is 1.21. The number of hydrogen-bond acceptors (Lipinski definition) is 6. The van der Waals surface area contributed by atoms with Crippen LogP contribution in [0.1, 0.15) is 23.3 Å². The van der Waals surface area contributed by atoms with Gasteiger partial charge in [-0.15, -0.1) is 0 Å². The van der Waals surface area contributed by atoms with Crippen LogP contribution >= 0.6 is 0 Å². The fraction of sp³-hybridized carbons (Fsp3) is 0.250. The average Bonchev–Trinajstić information content (AvgIpc) is 2.57. The highest BCUT2D eigenvalue weighted by molar-refractivity contribution is 5.90. The number of carbonyl (C=O) groups is 2. The summed E-state index contributed by atoms with van der Waals surface area (Å²) >= 11 is 0. The van der Waals surface area contributed by atoms with Crippen molar-refractivity contribution in [3.63, 3.8) is 0 Å². The molecule has 0 heterocycles. The van der Waals surface area contributed by atoms with E-state index in [0.29, 0.717) is 0 Å². The Morgan fingerprint density at radius 3 is 1.50 bits per heavy atom. The molecule has 2 N–H and O–H groups in total. The zero-order valence-electron chi connectivity index (χ0n) is 12.4. The van der Waals surface area contributed by atoms with Crippen molar-refractivity contribution in [1.82, 2.24) is 0 Å². The number of carbonyl (C=O) groups excluding carboxylic acids is 2. The molecule has 0 saturated heterocycles. The second-order valence-electron chi connectivity index (χ2n) is 4.47. The third-order valence-corrected chi connectivity index (χ3v) is 3.14. The molecule has 0 saturated carbocycles. The van der Waals surface area contributed by atoms with Gasteiger partial charge in [0.15, 0.2) is 0 Å². The second-order valence-corrected chi connectivity index (χ2v) is 4.47. The SMILES string of the molecule is C=C(C(=O)OC)C(O)c1ccccc1C(O)C(=C)C(=O)OC. The van der Waals surface area contributed by atoms with Gasteiger partial charge >= 0.3 is 11.9 Å². The zero-order valence-corrected chi connectivity index (χ0v) is 12.4. The van der Waals surface area contributed by atoms with E-state index in [1.54, 1.807) is 12.1 Å². The van der Waals surface area contributed by atoms with E-state index in [1.807, 2.05) is 0 Å². The first-order valence-corrected chi connectivity index (χ1v) is 6.34. The molecule has 118 valence electrons. The maximum Gasteiger partial charge on any atom is 0.336 e. The molecule has 0 aromatic heterocycles. The molecule has 1 rings (SSSR count). The van der Waals surface area contributed by atoms with Crippen molar-refractivity contribution in [2.24, 2.45) is 0 Å². The van der Waals surface area contributed by atoms with Crippen LogP contribution in [-0.4, -0.2) is 36.4 Å². The van der Waals surface area contributed by atoms with Crippen LogP contribution in [0.15, 0.2) is 48.6 Å². The summed E-state index contributed by atoms with van der Waals surface area (Å²) in [5.41, 5.74) is 0.0579. The van der Waals surface area contributed by atoms with Crippen molar-refractivity contribution in [2.75, 3.05) is 14.2 Å². The topological polar surface area (TPSA) is 93.1 Å². The van der Waals surface area contributed by atoms with E-state index >= 15 is 0 Å².